The summed E-state index contributed by atoms with van der Waals surface area (Å²) in [6.07, 6.45) is 0.808. The number of ether oxygens (including phenoxy) is 2. The molecule has 0 saturated heterocycles. The van der Waals surface area contributed by atoms with Crippen molar-refractivity contribution in [3.05, 3.63) is 63.6 Å². The molecule has 1 aromatic heterocycles. The third-order valence-corrected chi connectivity index (χ3v) is 3.83. The molecule has 0 amide bonds. The predicted octanol–water partition coefficient (Wildman–Crippen LogP) is 2.65. The Hall–Kier alpha value is -2.11. The normalized spacial score (nSPS) is 10.8. The van der Waals surface area contributed by atoms with Crippen molar-refractivity contribution in [3.63, 3.8) is 0 Å². The highest BCUT2D eigenvalue weighted by Gasteiger charge is 2.14. The van der Waals surface area contributed by atoms with Gasteiger partial charge in [0, 0.05) is 31.5 Å². The molecular weight excluding hydrogens is 306 g/mol. The summed E-state index contributed by atoms with van der Waals surface area (Å²) in [5, 5.41) is 9.78. The molecule has 0 atom stereocenters. The Balaban J connectivity index is 2.21. The SMILES string of the molecule is CCOCCCn1c(C)cc(=O)c(OCc2ccccc2)c1CO. The number of hydrogen-bond donors (Lipinski definition) is 1. The van der Waals surface area contributed by atoms with E-state index in [1.54, 1.807) is 6.07 Å². The van der Waals surface area contributed by atoms with Gasteiger partial charge in [-0.3, -0.25) is 4.79 Å². The minimum atomic E-state index is -0.240. The Labute approximate surface area is 142 Å². The minimum absolute atomic E-state index is 0.200. The van der Waals surface area contributed by atoms with Gasteiger partial charge in [-0.25, -0.2) is 0 Å². The van der Waals surface area contributed by atoms with Gasteiger partial charge in [-0.05, 0) is 25.8 Å². The van der Waals surface area contributed by atoms with Crippen LogP contribution in [-0.2, 0) is 24.5 Å². The molecule has 1 N–H and O–H groups in total. The lowest BCUT2D eigenvalue weighted by atomic mass is 10.2. The van der Waals surface area contributed by atoms with Gasteiger partial charge in [0.05, 0.1) is 12.3 Å². The molecule has 1 aromatic carbocycles. The van der Waals surface area contributed by atoms with E-state index in [-0.39, 0.29) is 17.8 Å². The highest BCUT2D eigenvalue weighted by Crippen LogP contribution is 2.18. The predicted molar refractivity (Wildman–Crippen MR) is 93.2 cm³/mol. The van der Waals surface area contributed by atoms with E-state index in [2.05, 4.69) is 0 Å². The van der Waals surface area contributed by atoms with Crippen LogP contribution in [0.1, 0.15) is 30.3 Å². The van der Waals surface area contributed by atoms with Gasteiger partial charge in [-0.15, -0.1) is 0 Å². The third-order valence-electron chi connectivity index (χ3n) is 3.83. The first-order chi connectivity index (χ1) is 11.7. The fourth-order valence-corrected chi connectivity index (χ4v) is 2.63. The van der Waals surface area contributed by atoms with E-state index < -0.39 is 0 Å². The summed E-state index contributed by atoms with van der Waals surface area (Å²) in [7, 11) is 0. The van der Waals surface area contributed by atoms with Crippen LogP contribution in [0.3, 0.4) is 0 Å². The number of pyridine rings is 1. The molecule has 2 rings (SSSR count). The fraction of sp³-hybridized carbons (Fsp3) is 0.421. The first-order valence-corrected chi connectivity index (χ1v) is 8.26. The van der Waals surface area contributed by atoms with Crippen LogP contribution in [0.2, 0.25) is 0 Å². The summed E-state index contributed by atoms with van der Waals surface area (Å²) in [5.41, 5.74) is 2.11. The zero-order chi connectivity index (χ0) is 17.4. The number of rotatable bonds is 9. The van der Waals surface area contributed by atoms with Crippen molar-refractivity contribution >= 4 is 0 Å². The van der Waals surface area contributed by atoms with Crippen LogP contribution < -0.4 is 10.2 Å². The van der Waals surface area contributed by atoms with Crippen molar-refractivity contribution in [2.75, 3.05) is 13.2 Å². The first kappa shape index (κ1) is 18.2. The molecular formula is C19H25NO4. The van der Waals surface area contributed by atoms with Crippen molar-refractivity contribution < 1.29 is 14.6 Å². The summed E-state index contributed by atoms with van der Waals surface area (Å²) in [6.45, 7) is 5.88. The largest absolute Gasteiger partial charge is 0.483 e. The molecule has 5 heteroatoms. The van der Waals surface area contributed by atoms with Gasteiger partial charge in [0.15, 0.2) is 5.75 Å². The molecule has 0 bridgehead atoms. The van der Waals surface area contributed by atoms with E-state index in [0.717, 1.165) is 17.7 Å². The molecule has 130 valence electrons. The zero-order valence-electron chi connectivity index (χ0n) is 14.3. The van der Waals surface area contributed by atoms with Crippen molar-refractivity contribution in [1.29, 1.82) is 0 Å². The maximum atomic E-state index is 12.3. The highest BCUT2D eigenvalue weighted by molar-refractivity contribution is 5.31. The van der Waals surface area contributed by atoms with E-state index in [9.17, 15) is 9.90 Å². The number of benzene rings is 1. The standard InChI is InChI=1S/C19H25NO4/c1-3-23-11-7-10-20-15(2)12-18(22)19(17(20)13-21)24-14-16-8-5-4-6-9-16/h4-6,8-9,12,21H,3,7,10-11,13-14H2,1-2H3. The van der Waals surface area contributed by atoms with Crippen LogP contribution in [-0.4, -0.2) is 22.9 Å². The molecule has 1 heterocycles. The molecule has 0 fully saturated rings. The number of nitrogens with zero attached hydrogens (tertiary/aromatic N) is 1. The summed E-state index contributed by atoms with van der Waals surface area (Å²) < 4.78 is 13.0. The average Bonchev–Trinajstić information content (AvgIpc) is 2.59. The lowest BCUT2D eigenvalue weighted by Gasteiger charge is -2.19. The molecule has 0 aliphatic rings. The number of aliphatic hydroxyl groups excluding tert-OH is 1. The van der Waals surface area contributed by atoms with Crippen molar-refractivity contribution in [3.8, 4) is 5.75 Å². The van der Waals surface area contributed by atoms with Gasteiger partial charge < -0.3 is 19.1 Å². The number of aliphatic hydroxyl groups is 1. The molecule has 0 aliphatic carbocycles. The molecule has 0 saturated carbocycles. The molecule has 5 nitrogen and oxygen atoms in total. The topological polar surface area (TPSA) is 60.7 Å². The number of hydrogen-bond acceptors (Lipinski definition) is 4. The first-order valence-electron chi connectivity index (χ1n) is 8.26. The maximum absolute atomic E-state index is 12.3. The molecule has 0 unspecified atom stereocenters. The van der Waals surface area contributed by atoms with Gasteiger partial charge in [0.1, 0.15) is 6.61 Å². The van der Waals surface area contributed by atoms with Gasteiger partial charge in [-0.1, -0.05) is 30.3 Å². The molecule has 0 spiro atoms. The Kier molecular flexibility index (Phi) is 7.03. The number of aryl methyl sites for hydroxylation is 1. The Bertz CT molecular complexity index is 695. The molecule has 2 aromatic rings. The van der Waals surface area contributed by atoms with E-state index in [1.807, 2.05) is 48.7 Å². The Morgan fingerprint density at radius 2 is 1.96 bits per heavy atom. The van der Waals surface area contributed by atoms with E-state index >= 15 is 0 Å². The van der Waals surface area contributed by atoms with Crippen molar-refractivity contribution in [1.82, 2.24) is 4.57 Å². The molecule has 0 aliphatic heterocycles. The molecule has 0 radical (unpaired) electrons. The second-order valence-electron chi connectivity index (χ2n) is 5.56. The summed E-state index contributed by atoms with van der Waals surface area (Å²) in [4.78, 5) is 12.3. The van der Waals surface area contributed by atoms with Gasteiger partial charge >= 0.3 is 0 Å². The second kappa shape index (κ2) is 9.25. The summed E-state index contributed by atoms with van der Waals surface area (Å²) in [5.74, 6) is 0.225. The second-order valence-corrected chi connectivity index (χ2v) is 5.56. The van der Waals surface area contributed by atoms with Crippen molar-refractivity contribution in [2.24, 2.45) is 0 Å². The van der Waals surface area contributed by atoms with E-state index in [4.69, 9.17) is 9.47 Å². The summed E-state index contributed by atoms with van der Waals surface area (Å²) in [6, 6.07) is 11.2. The molecule has 24 heavy (non-hydrogen) atoms. The van der Waals surface area contributed by atoms with Crippen LogP contribution in [0, 0.1) is 6.92 Å². The lowest BCUT2D eigenvalue weighted by Crippen LogP contribution is -2.20. The van der Waals surface area contributed by atoms with Crippen LogP contribution in [0.25, 0.3) is 0 Å². The van der Waals surface area contributed by atoms with Gasteiger partial charge in [0.2, 0.25) is 5.43 Å². The van der Waals surface area contributed by atoms with Crippen LogP contribution in [0.4, 0.5) is 0 Å². The van der Waals surface area contributed by atoms with Gasteiger partial charge in [-0.2, -0.15) is 0 Å². The number of aromatic nitrogens is 1. The van der Waals surface area contributed by atoms with Gasteiger partial charge in [0.25, 0.3) is 0 Å². The van der Waals surface area contributed by atoms with E-state index in [0.29, 0.717) is 32.1 Å². The van der Waals surface area contributed by atoms with Crippen LogP contribution in [0.15, 0.2) is 41.2 Å². The minimum Gasteiger partial charge on any atom is -0.483 e. The monoisotopic (exact) mass is 331 g/mol. The Morgan fingerprint density at radius 3 is 2.62 bits per heavy atom. The van der Waals surface area contributed by atoms with Crippen molar-refractivity contribution in [2.45, 2.75) is 40.0 Å². The van der Waals surface area contributed by atoms with Crippen LogP contribution in [0.5, 0.6) is 5.75 Å². The smallest absolute Gasteiger partial charge is 0.224 e. The Morgan fingerprint density at radius 1 is 1.21 bits per heavy atom. The lowest BCUT2D eigenvalue weighted by molar-refractivity contribution is 0.140. The fourth-order valence-electron chi connectivity index (χ4n) is 2.63. The quantitative estimate of drug-likeness (QED) is 0.718. The average molecular weight is 331 g/mol. The van der Waals surface area contributed by atoms with Crippen LogP contribution >= 0.6 is 0 Å². The summed E-state index contributed by atoms with van der Waals surface area (Å²) >= 11 is 0. The highest BCUT2D eigenvalue weighted by atomic mass is 16.5. The third kappa shape index (κ3) is 4.69. The van der Waals surface area contributed by atoms with E-state index in [1.165, 1.54) is 0 Å². The zero-order valence-corrected chi connectivity index (χ0v) is 14.3. The maximum Gasteiger partial charge on any atom is 0.224 e.